The van der Waals surface area contributed by atoms with Gasteiger partial charge in [0, 0.05) is 24.5 Å². The highest BCUT2D eigenvalue weighted by molar-refractivity contribution is 5.89. The maximum absolute atomic E-state index is 11.7. The van der Waals surface area contributed by atoms with E-state index in [-0.39, 0.29) is 11.6 Å². The molecular weight excluding hydrogens is 230 g/mol. The number of ether oxygens (including phenoxy) is 1. The summed E-state index contributed by atoms with van der Waals surface area (Å²) in [5.74, 6) is 0. The third-order valence-corrected chi connectivity index (χ3v) is 3.07. The van der Waals surface area contributed by atoms with E-state index in [0.717, 1.165) is 19.4 Å². The first-order chi connectivity index (χ1) is 8.57. The number of hydrogen-bond acceptors (Lipinski definition) is 3. The Morgan fingerprint density at radius 3 is 3.06 bits per heavy atom. The number of nitrogens with two attached hydrogens (primary N) is 1. The predicted octanol–water partition coefficient (Wildman–Crippen LogP) is 1.96. The van der Waals surface area contributed by atoms with Crippen molar-refractivity contribution < 1.29 is 9.53 Å². The van der Waals surface area contributed by atoms with E-state index in [9.17, 15) is 4.79 Å². The molecule has 5 heteroatoms. The van der Waals surface area contributed by atoms with Gasteiger partial charge in [-0.05, 0) is 38.0 Å². The summed E-state index contributed by atoms with van der Waals surface area (Å²) in [6, 6.07) is 6.84. The monoisotopic (exact) mass is 249 g/mol. The molecule has 0 spiro atoms. The molecule has 0 aromatic heterocycles. The summed E-state index contributed by atoms with van der Waals surface area (Å²) in [6.07, 6.45) is 2.03. The lowest BCUT2D eigenvalue weighted by molar-refractivity contribution is 0.0232. The molecule has 1 aliphatic rings. The number of anilines is 2. The third-order valence-electron chi connectivity index (χ3n) is 3.07. The van der Waals surface area contributed by atoms with Gasteiger partial charge in [-0.3, -0.25) is 0 Å². The van der Waals surface area contributed by atoms with E-state index in [4.69, 9.17) is 10.5 Å². The molecule has 1 aromatic rings. The molecule has 2 amide bonds. The van der Waals surface area contributed by atoms with Crippen LogP contribution in [0.4, 0.5) is 16.2 Å². The second kappa shape index (κ2) is 5.27. The number of carbonyl (C=O) groups is 1. The van der Waals surface area contributed by atoms with Gasteiger partial charge in [0.2, 0.25) is 0 Å². The van der Waals surface area contributed by atoms with Gasteiger partial charge in [-0.1, -0.05) is 6.07 Å². The van der Waals surface area contributed by atoms with Crippen molar-refractivity contribution in [3.63, 3.8) is 0 Å². The van der Waals surface area contributed by atoms with Crippen LogP contribution >= 0.6 is 0 Å². The topological polar surface area (TPSA) is 76.4 Å². The first-order valence-electron chi connectivity index (χ1n) is 6.12. The molecule has 1 fully saturated rings. The molecule has 0 saturated carbocycles. The summed E-state index contributed by atoms with van der Waals surface area (Å²) in [5.41, 5.74) is 6.72. The largest absolute Gasteiger partial charge is 0.399 e. The molecule has 0 bridgehead atoms. The van der Waals surface area contributed by atoms with Gasteiger partial charge >= 0.3 is 6.03 Å². The van der Waals surface area contributed by atoms with E-state index < -0.39 is 0 Å². The smallest absolute Gasteiger partial charge is 0.319 e. The Kier molecular flexibility index (Phi) is 3.72. The zero-order valence-corrected chi connectivity index (χ0v) is 10.5. The fraction of sp³-hybridized carbons (Fsp3) is 0.462. The lowest BCUT2D eigenvalue weighted by atomic mass is 10.0. The summed E-state index contributed by atoms with van der Waals surface area (Å²) in [5, 5.41) is 5.56. The van der Waals surface area contributed by atoms with Crippen LogP contribution in [0.25, 0.3) is 0 Å². The van der Waals surface area contributed by atoms with Gasteiger partial charge in [-0.25, -0.2) is 4.79 Å². The first-order valence-corrected chi connectivity index (χ1v) is 6.12. The molecule has 0 radical (unpaired) electrons. The third kappa shape index (κ3) is 3.37. The summed E-state index contributed by atoms with van der Waals surface area (Å²) < 4.78 is 5.60. The Morgan fingerprint density at radius 2 is 2.39 bits per heavy atom. The summed E-state index contributed by atoms with van der Waals surface area (Å²) >= 11 is 0. The van der Waals surface area contributed by atoms with Crippen LogP contribution in [0, 0.1) is 0 Å². The van der Waals surface area contributed by atoms with E-state index in [2.05, 4.69) is 10.6 Å². The van der Waals surface area contributed by atoms with Crippen LogP contribution in [-0.4, -0.2) is 24.8 Å². The number of hydrogen-bond donors (Lipinski definition) is 3. The zero-order chi connectivity index (χ0) is 13.0. The molecule has 1 saturated heterocycles. The fourth-order valence-electron chi connectivity index (χ4n) is 2.04. The van der Waals surface area contributed by atoms with Crippen LogP contribution < -0.4 is 16.4 Å². The van der Waals surface area contributed by atoms with E-state index in [1.165, 1.54) is 0 Å². The second-order valence-corrected chi connectivity index (χ2v) is 4.84. The lowest BCUT2D eigenvalue weighted by Crippen LogP contribution is -2.41. The van der Waals surface area contributed by atoms with Gasteiger partial charge in [0.25, 0.3) is 0 Å². The van der Waals surface area contributed by atoms with Gasteiger partial charge in [0.05, 0.1) is 5.60 Å². The summed E-state index contributed by atoms with van der Waals surface area (Å²) in [6.45, 7) is 3.30. The fourth-order valence-corrected chi connectivity index (χ4v) is 2.04. The second-order valence-electron chi connectivity index (χ2n) is 4.84. The number of nitrogens with one attached hydrogen (secondary N) is 2. The standard InChI is InChI=1S/C13H19N3O2/c1-13(6-3-7-18-13)9-15-12(17)16-11-5-2-4-10(14)8-11/h2,4-5,8H,3,6-7,9,14H2,1H3,(H2,15,16,17). The highest BCUT2D eigenvalue weighted by Crippen LogP contribution is 2.23. The number of urea groups is 1. The highest BCUT2D eigenvalue weighted by Gasteiger charge is 2.29. The van der Waals surface area contributed by atoms with Crippen LogP contribution in [0.5, 0.6) is 0 Å². The molecule has 4 N–H and O–H groups in total. The average Bonchev–Trinajstić information content (AvgIpc) is 2.74. The molecule has 5 nitrogen and oxygen atoms in total. The Morgan fingerprint density at radius 1 is 1.56 bits per heavy atom. The van der Waals surface area contributed by atoms with Gasteiger partial charge in [-0.15, -0.1) is 0 Å². The van der Waals surface area contributed by atoms with Crippen molar-refractivity contribution in [3.05, 3.63) is 24.3 Å². The van der Waals surface area contributed by atoms with Gasteiger partial charge in [0.15, 0.2) is 0 Å². The van der Waals surface area contributed by atoms with E-state index in [1.54, 1.807) is 24.3 Å². The first kappa shape index (κ1) is 12.7. The molecular formula is C13H19N3O2. The Bertz CT molecular complexity index is 428. The van der Waals surface area contributed by atoms with Crippen LogP contribution in [0.2, 0.25) is 0 Å². The van der Waals surface area contributed by atoms with E-state index in [0.29, 0.717) is 17.9 Å². The quantitative estimate of drug-likeness (QED) is 0.717. The Hall–Kier alpha value is -1.75. The number of benzene rings is 1. The SMILES string of the molecule is CC1(CNC(=O)Nc2cccc(N)c2)CCCO1. The average molecular weight is 249 g/mol. The lowest BCUT2D eigenvalue weighted by Gasteiger charge is -2.23. The molecule has 2 rings (SSSR count). The van der Waals surface area contributed by atoms with E-state index >= 15 is 0 Å². The molecule has 1 heterocycles. The van der Waals surface area contributed by atoms with Crippen LogP contribution in [0.3, 0.4) is 0 Å². The predicted molar refractivity (Wildman–Crippen MR) is 71.5 cm³/mol. The van der Waals surface area contributed by atoms with Gasteiger partial charge in [-0.2, -0.15) is 0 Å². The molecule has 98 valence electrons. The van der Waals surface area contributed by atoms with Crippen molar-refractivity contribution in [1.82, 2.24) is 5.32 Å². The molecule has 18 heavy (non-hydrogen) atoms. The minimum absolute atomic E-state index is 0.229. The van der Waals surface area contributed by atoms with Crippen molar-refractivity contribution >= 4 is 17.4 Å². The molecule has 0 aliphatic carbocycles. The van der Waals surface area contributed by atoms with Crippen molar-refractivity contribution in [2.45, 2.75) is 25.4 Å². The molecule has 1 atom stereocenters. The minimum Gasteiger partial charge on any atom is -0.399 e. The minimum atomic E-state index is -0.239. The maximum atomic E-state index is 11.7. The normalized spacial score (nSPS) is 22.7. The van der Waals surface area contributed by atoms with Crippen molar-refractivity contribution in [1.29, 1.82) is 0 Å². The maximum Gasteiger partial charge on any atom is 0.319 e. The molecule has 1 aliphatic heterocycles. The number of rotatable bonds is 3. The van der Waals surface area contributed by atoms with Crippen molar-refractivity contribution in [2.24, 2.45) is 0 Å². The van der Waals surface area contributed by atoms with Gasteiger partial charge in [0.1, 0.15) is 0 Å². The number of amides is 2. The Balaban J connectivity index is 1.82. The number of nitrogen functional groups attached to an aromatic ring is 1. The summed E-state index contributed by atoms with van der Waals surface area (Å²) in [4.78, 5) is 11.7. The van der Waals surface area contributed by atoms with Crippen molar-refractivity contribution in [2.75, 3.05) is 24.2 Å². The zero-order valence-electron chi connectivity index (χ0n) is 10.5. The van der Waals surface area contributed by atoms with Crippen LogP contribution in [0.15, 0.2) is 24.3 Å². The molecule has 1 aromatic carbocycles. The molecule has 1 unspecified atom stereocenters. The Labute approximate surface area is 107 Å². The van der Waals surface area contributed by atoms with Crippen LogP contribution in [-0.2, 0) is 4.74 Å². The highest BCUT2D eigenvalue weighted by atomic mass is 16.5. The van der Waals surface area contributed by atoms with E-state index in [1.807, 2.05) is 6.92 Å². The number of carbonyl (C=O) groups excluding carboxylic acids is 1. The van der Waals surface area contributed by atoms with Gasteiger partial charge < -0.3 is 21.1 Å². The van der Waals surface area contributed by atoms with Crippen LogP contribution in [0.1, 0.15) is 19.8 Å². The van der Waals surface area contributed by atoms with Crippen molar-refractivity contribution in [3.8, 4) is 0 Å². The summed E-state index contributed by atoms with van der Waals surface area (Å²) in [7, 11) is 0.